The zero-order chi connectivity index (χ0) is 15.6. The molecule has 0 aromatic heterocycles. The van der Waals surface area contributed by atoms with Crippen LogP contribution >= 0.6 is 0 Å². The monoisotopic (exact) mass is 309 g/mol. The van der Waals surface area contributed by atoms with Gasteiger partial charge in [0, 0.05) is 0 Å². The first kappa shape index (κ1) is 15.0. The van der Waals surface area contributed by atoms with E-state index in [1.165, 1.54) is 12.1 Å². The maximum atomic E-state index is 12.8. The van der Waals surface area contributed by atoms with E-state index in [1.54, 1.807) is 13.0 Å². The first-order chi connectivity index (χ1) is 9.81. The molecule has 7 heteroatoms. The summed E-state index contributed by atoms with van der Waals surface area (Å²) < 4.78 is 39.5. The number of aromatic carboxylic acids is 1. The van der Waals surface area contributed by atoms with Gasteiger partial charge < -0.3 is 5.11 Å². The Labute approximate surface area is 121 Å². The zero-order valence-corrected chi connectivity index (χ0v) is 11.8. The Kier molecular flexibility index (Phi) is 3.95. The molecular weight excluding hydrogens is 297 g/mol. The van der Waals surface area contributed by atoms with Crippen molar-refractivity contribution in [2.75, 3.05) is 4.72 Å². The highest BCUT2D eigenvalue weighted by Gasteiger charge is 2.19. The summed E-state index contributed by atoms with van der Waals surface area (Å²) in [5, 5.41) is 9.11. The second-order valence-electron chi connectivity index (χ2n) is 4.36. The number of hydrogen-bond acceptors (Lipinski definition) is 3. The maximum Gasteiger partial charge on any atom is 0.337 e. The van der Waals surface area contributed by atoms with E-state index in [-0.39, 0.29) is 16.1 Å². The number of carboxylic acid groups (broad SMARTS) is 1. The molecule has 0 aliphatic carbocycles. The molecule has 0 amide bonds. The van der Waals surface area contributed by atoms with Gasteiger partial charge >= 0.3 is 5.97 Å². The van der Waals surface area contributed by atoms with E-state index in [0.29, 0.717) is 5.56 Å². The summed E-state index contributed by atoms with van der Waals surface area (Å²) in [6.07, 6.45) is 0. The Morgan fingerprint density at radius 2 is 1.76 bits per heavy atom. The van der Waals surface area contributed by atoms with Crippen molar-refractivity contribution in [1.82, 2.24) is 0 Å². The molecule has 2 rings (SSSR count). The van der Waals surface area contributed by atoms with Crippen LogP contribution in [0.15, 0.2) is 47.4 Å². The molecule has 0 saturated carbocycles. The third-order valence-corrected chi connectivity index (χ3v) is 4.23. The number of benzene rings is 2. The lowest BCUT2D eigenvalue weighted by atomic mass is 10.1. The van der Waals surface area contributed by atoms with Crippen LogP contribution in [0.25, 0.3) is 0 Å². The third kappa shape index (κ3) is 3.19. The molecule has 5 nitrogen and oxygen atoms in total. The predicted octanol–water partition coefficient (Wildman–Crippen LogP) is 2.63. The molecule has 2 aromatic carbocycles. The molecule has 2 aromatic rings. The molecule has 0 heterocycles. The van der Waals surface area contributed by atoms with E-state index >= 15 is 0 Å². The summed E-state index contributed by atoms with van der Waals surface area (Å²) in [4.78, 5) is 11.0. The lowest BCUT2D eigenvalue weighted by Gasteiger charge is -2.13. The van der Waals surface area contributed by atoms with Crippen LogP contribution in [0.4, 0.5) is 10.1 Å². The van der Waals surface area contributed by atoms with Crippen molar-refractivity contribution in [1.29, 1.82) is 0 Å². The Balaban J connectivity index is 2.46. The summed E-state index contributed by atoms with van der Waals surface area (Å²) in [7, 11) is -3.99. The third-order valence-electron chi connectivity index (χ3n) is 2.86. The van der Waals surface area contributed by atoms with Crippen molar-refractivity contribution < 1.29 is 22.7 Å². The molecule has 110 valence electrons. The van der Waals surface area contributed by atoms with E-state index < -0.39 is 21.8 Å². The van der Waals surface area contributed by atoms with E-state index in [2.05, 4.69) is 4.72 Å². The van der Waals surface area contributed by atoms with Crippen molar-refractivity contribution >= 4 is 21.7 Å². The Hall–Kier alpha value is -2.41. The summed E-state index contributed by atoms with van der Waals surface area (Å²) >= 11 is 0. The number of sulfonamides is 1. The first-order valence-electron chi connectivity index (χ1n) is 5.92. The lowest BCUT2D eigenvalue weighted by molar-refractivity contribution is 0.0698. The van der Waals surface area contributed by atoms with Crippen LogP contribution in [0, 0.1) is 12.7 Å². The first-order valence-corrected chi connectivity index (χ1v) is 7.41. The summed E-state index contributed by atoms with van der Waals surface area (Å²) in [5.74, 6) is -1.80. The number of carbonyl (C=O) groups is 1. The number of hydrogen-bond donors (Lipinski definition) is 2. The normalized spacial score (nSPS) is 11.1. The summed E-state index contributed by atoms with van der Waals surface area (Å²) in [6, 6.07) is 8.67. The van der Waals surface area contributed by atoms with Gasteiger partial charge in [-0.2, -0.15) is 0 Å². The predicted molar refractivity (Wildman–Crippen MR) is 75.3 cm³/mol. The number of halogens is 1. The molecular formula is C14H12FNO4S. The van der Waals surface area contributed by atoms with Gasteiger partial charge in [-0.3, -0.25) is 4.72 Å². The average molecular weight is 309 g/mol. The molecule has 0 aliphatic heterocycles. The van der Waals surface area contributed by atoms with E-state index in [0.717, 1.165) is 24.3 Å². The molecule has 0 saturated heterocycles. The van der Waals surface area contributed by atoms with E-state index in [4.69, 9.17) is 5.11 Å². The molecule has 0 atom stereocenters. The molecule has 0 bridgehead atoms. The molecule has 2 N–H and O–H groups in total. The second kappa shape index (κ2) is 5.53. The Bertz CT molecular complexity index is 785. The van der Waals surface area contributed by atoms with Crippen molar-refractivity contribution in [2.45, 2.75) is 11.8 Å². The maximum absolute atomic E-state index is 12.8. The van der Waals surface area contributed by atoms with Crippen LogP contribution < -0.4 is 4.72 Å². The summed E-state index contributed by atoms with van der Waals surface area (Å²) in [5.41, 5.74) is 0.315. The second-order valence-corrected chi connectivity index (χ2v) is 6.04. The SMILES string of the molecule is Cc1cccc(C(=O)O)c1NS(=O)(=O)c1ccc(F)cc1. The van der Waals surface area contributed by atoms with Gasteiger partial charge in [0.25, 0.3) is 10.0 Å². The Morgan fingerprint density at radius 1 is 1.14 bits per heavy atom. The number of aryl methyl sites for hydroxylation is 1. The largest absolute Gasteiger partial charge is 0.478 e. The smallest absolute Gasteiger partial charge is 0.337 e. The van der Waals surface area contributed by atoms with Crippen LogP contribution in [-0.2, 0) is 10.0 Å². The molecule has 21 heavy (non-hydrogen) atoms. The number of carboxylic acids is 1. The van der Waals surface area contributed by atoms with Gasteiger partial charge in [0.05, 0.1) is 16.1 Å². The van der Waals surface area contributed by atoms with Crippen molar-refractivity contribution in [3.63, 3.8) is 0 Å². The van der Waals surface area contributed by atoms with Crippen LogP contribution in [0.1, 0.15) is 15.9 Å². The highest BCUT2D eigenvalue weighted by atomic mass is 32.2. The minimum absolute atomic E-state index is 0.00525. The van der Waals surface area contributed by atoms with Gasteiger partial charge in [0.2, 0.25) is 0 Å². The number of anilines is 1. The molecule has 0 unspecified atom stereocenters. The highest BCUT2D eigenvalue weighted by Crippen LogP contribution is 2.24. The van der Waals surface area contributed by atoms with Gasteiger partial charge in [-0.15, -0.1) is 0 Å². The fourth-order valence-corrected chi connectivity index (χ4v) is 2.94. The van der Waals surface area contributed by atoms with Gasteiger partial charge in [0.15, 0.2) is 0 Å². The fourth-order valence-electron chi connectivity index (χ4n) is 1.79. The molecule has 0 aliphatic rings. The van der Waals surface area contributed by atoms with Crippen molar-refractivity contribution in [3.05, 3.63) is 59.4 Å². The zero-order valence-electron chi connectivity index (χ0n) is 11.0. The van der Waals surface area contributed by atoms with Gasteiger partial charge in [-0.25, -0.2) is 17.6 Å². The standard InChI is InChI=1S/C14H12FNO4S/c1-9-3-2-4-12(14(17)18)13(9)16-21(19,20)11-7-5-10(15)6-8-11/h2-8,16H,1H3,(H,17,18). The van der Waals surface area contributed by atoms with Gasteiger partial charge in [-0.1, -0.05) is 12.1 Å². The lowest BCUT2D eigenvalue weighted by Crippen LogP contribution is -2.16. The minimum atomic E-state index is -3.99. The number of nitrogens with one attached hydrogen (secondary N) is 1. The van der Waals surface area contributed by atoms with Gasteiger partial charge in [0.1, 0.15) is 5.82 Å². The van der Waals surface area contributed by atoms with Crippen LogP contribution in [0.5, 0.6) is 0 Å². The topological polar surface area (TPSA) is 83.5 Å². The summed E-state index contributed by atoms with van der Waals surface area (Å²) in [6.45, 7) is 1.59. The fraction of sp³-hybridized carbons (Fsp3) is 0.0714. The number of rotatable bonds is 4. The minimum Gasteiger partial charge on any atom is -0.478 e. The molecule has 0 fully saturated rings. The van der Waals surface area contributed by atoms with Crippen LogP contribution in [-0.4, -0.2) is 19.5 Å². The van der Waals surface area contributed by atoms with Crippen LogP contribution in [0.2, 0.25) is 0 Å². The van der Waals surface area contributed by atoms with Crippen molar-refractivity contribution in [3.8, 4) is 0 Å². The highest BCUT2D eigenvalue weighted by molar-refractivity contribution is 7.92. The molecule has 0 spiro atoms. The quantitative estimate of drug-likeness (QED) is 0.909. The average Bonchev–Trinajstić information content (AvgIpc) is 2.41. The van der Waals surface area contributed by atoms with Crippen molar-refractivity contribution in [2.24, 2.45) is 0 Å². The van der Waals surface area contributed by atoms with Crippen LogP contribution in [0.3, 0.4) is 0 Å². The molecule has 0 radical (unpaired) electrons. The van der Waals surface area contributed by atoms with Gasteiger partial charge in [-0.05, 0) is 42.8 Å². The van der Waals surface area contributed by atoms with E-state index in [1.807, 2.05) is 0 Å². The van der Waals surface area contributed by atoms with E-state index in [9.17, 15) is 17.6 Å². The number of para-hydroxylation sites is 1. The Morgan fingerprint density at radius 3 is 2.33 bits per heavy atom.